The second-order valence-corrected chi connectivity index (χ2v) is 5.77. The first-order chi connectivity index (χ1) is 11.7. The first-order valence-corrected chi connectivity index (χ1v) is 8.28. The summed E-state index contributed by atoms with van der Waals surface area (Å²) in [6, 6.07) is 17.3. The molecule has 0 bridgehead atoms. The van der Waals surface area contributed by atoms with Crippen LogP contribution in [-0.4, -0.2) is 6.61 Å². The molecule has 0 unspecified atom stereocenters. The topological polar surface area (TPSA) is 9.23 Å². The van der Waals surface area contributed by atoms with Crippen molar-refractivity contribution in [1.82, 2.24) is 0 Å². The molecule has 0 N–H and O–H groups in total. The molecule has 0 aliphatic rings. The van der Waals surface area contributed by atoms with Crippen LogP contribution >= 0.6 is 0 Å². The van der Waals surface area contributed by atoms with E-state index >= 15 is 0 Å². The molecular weight excluding hydrogens is 299 g/mol. The number of fused-ring (bicyclic) bond motifs is 1. The molecule has 0 aromatic heterocycles. The van der Waals surface area contributed by atoms with Crippen molar-refractivity contribution in [2.24, 2.45) is 0 Å². The van der Waals surface area contributed by atoms with E-state index in [0.717, 1.165) is 29.5 Å². The van der Waals surface area contributed by atoms with E-state index in [9.17, 15) is 4.39 Å². The van der Waals surface area contributed by atoms with Crippen LogP contribution in [0.1, 0.15) is 18.9 Å². The number of allylic oxidation sites excluding steroid dienone is 1. The molecule has 2 heteroatoms. The Balaban J connectivity index is 1.97. The Morgan fingerprint density at radius 3 is 2.54 bits per heavy atom. The molecule has 0 spiro atoms. The number of aryl methyl sites for hydroxylation is 1. The lowest BCUT2D eigenvalue weighted by molar-refractivity contribution is 0.340. The molecule has 3 rings (SSSR count). The second-order valence-electron chi connectivity index (χ2n) is 5.77. The molecule has 0 atom stereocenters. The fourth-order valence-electron chi connectivity index (χ4n) is 2.89. The van der Waals surface area contributed by atoms with E-state index in [1.165, 1.54) is 5.56 Å². The summed E-state index contributed by atoms with van der Waals surface area (Å²) in [6.45, 7) is 6.31. The highest BCUT2D eigenvalue weighted by atomic mass is 19.1. The van der Waals surface area contributed by atoms with E-state index in [1.807, 2.05) is 61.5 Å². The van der Waals surface area contributed by atoms with E-state index in [2.05, 4.69) is 12.6 Å². The van der Waals surface area contributed by atoms with Crippen molar-refractivity contribution in [1.29, 1.82) is 0 Å². The summed E-state index contributed by atoms with van der Waals surface area (Å²) in [4.78, 5) is 0. The average molecular weight is 320 g/mol. The van der Waals surface area contributed by atoms with Gasteiger partial charge in [-0.3, -0.25) is 0 Å². The number of hydrogen-bond acceptors (Lipinski definition) is 1. The first kappa shape index (κ1) is 16.3. The lowest BCUT2D eigenvalue weighted by atomic mass is 9.98. The van der Waals surface area contributed by atoms with Crippen LogP contribution in [-0.2, 0) is 6.42 Å². The van der Waals surface area contributed by atoms with Crippen LogP contribution in [0.15, 0.2) is 67.3 Å². The van der Waals surface area contributed by atoms with Crippen LogP contribution in [0, 0.1) is 5.82 Å². The minimum atomic E-state index is -0.174. The van der Waals surface area contributed by atoms with Gasteiger partial charge in [-0.15, -0.1) is 6.58 Å². The third-order valence-electron chi connectivity index (χ3n) is 4.13. The predicted molar refractivity (Wildman–Crippen MR) is 99.0 cm³/mol. The van der Waals surface area contributed by atoms with Crippen molar-refractivity contribution in [3.05, 3.63) is 78.6 Å². The maximum atomic E-state index is 14.9. The predicted octanol–water partition coefficient (Wildman–Crippen LogP) is 6.16. The van der Waals surface area contributed by atoms with Crippen LogP contribution in [0.5, 0.6) is 5.75 Å². The fraction of sp³-hybridized carbons (Fsp3) is 0.182. The summed E-state index contributed by atoms with van der Waals surface area (Å²) in [7, 11) is 0. The zero-order chi connectivity index (χ0) is 16.9. The molecule has 3 aromatic carbocycles. The van der Waals surface area contributed by atoms with Crippen molar-refractivity contribution in [2.45, 2.75) is 19.8 Å². The van der Waals surface area contributed by atoms with Gasteiger partial charge in [0.1, 0.15) is 11.6 Å². The highest BCUT2D eigenvalue weighted by Crippen LogP contribution is 2.30. The quantitative estimate of drug-likeness (QED) is 0.494. The van der Waals surface area contributed by atoms with Crippen LogP contribution < -0.4 is 4.74 Å². The third kappa shape index (κ3) is 3.33. The number of ether oxygens (including phenoxy) is 1. The Morgan fingerprint density at radius 1 is 1.04 bits per heavy atom. The van der Waals surface area contributed by atoms with Gasteiger partial charge in [-0.05, 0) is 48.4 Å². The molecule has 0 saturated carbocycles. The van der Waals surface area contributed by atoms with Gasteiger partial charge in [0, 0.05) is 10.9 Å². The molecular formula is C22H21FO. The molecule has 0 radical (unpaired) electrons. The third-order valence-corrected chi connectivity index (χ3v) is 4.13. The standard InChI is InChI=1S/C22H21FO/c1-3-5-6-16-7-13-21-18(15-16)10-14-20(22(21)23)17-8-11-19(12-9-17)24-4-2/h3,7-15H,1,4-6H2,2H3. The van der Waals surface area contributed by atoms with Gasteiger partial charge >= 0.3 is 0 Å². The Morgan fingerprint density at radius 2 is 1.83 bits per heavy atom. The van der Waals surface area contributed by atoms with Crippen LogP contribution in [0.3, 0.4) is 0 Å². The highest BCUT2D eigenvalue weighted by molar-refractivity contribution is 5.88. The summed E-state index contributed by atoms with van der Waals surface area (Å²) >= 11 is 0. The number of benzene rings is 3. The maximum absolute atomic E-state index is 14.9. The monoisotopic (exact) mass is 320 g/mol. The Labute approximate surface area is 142 Å². The molecule has 24 heavy (non-hydrogen) atoms. The van der Waals surface area contributed by atoms with Crippen LogP contribution in [0.2, 0.25) is 0 Å². The Kier molecular flexibility index (Phi) is 4.95. The van der Waals surface area contributed by atoms with E-state index in [-0.39, 0.29) is 5.82 Å². The lowest BCUT2D eigenvalue weighted by Crippen LogP contribution is -1.92. The van der Waals surface area contributed by atoms with E-state index in [0.29, 0.717) is 17.6 Å². The molecule has 0 aliphatic heterocycles. The van der Waals surface area contributed by atoms with Crippen molar-refractivity contribution in [3.63, 3.8) is 0 Å². The summed E-state index contributed by atoms with van der Waals surface area (Å²) in [6.07, 6.45) is 3.76. The van der Waals surface area contributed by atoms with Gasteiger partial charge in [-0.1, -0.05) is 48.5 Å². The minimum Gasteiger partial charge on any atom is -0.494 e. The number of hydrogen-bond donors (Lipinski definition) is 0. The van der Waals surface area contributed by atoms with E-state index in [4.69, 9.17) is 4.74 Å². The molecule has 0 fully saturated rings. The SMILES string of the molecule is C=CCCc1ccc2c(F)c(-c3ccc(OCC)cc3)ccc2c1. The molecule has 0 saturated heterocycles. The smallest absolute Gasteiger partial charge is 0.138 e. The van der Waals surface area contributed by atoms with Crippen LogP contribution in [0.4, 0.5) is 4.39 Å². The summed E-state index contributed by atoms with van der Waals surface area (Å²) in [5.41, 5.74) is 2.67. The molecule has 1 nitrogen and oxygen atoms in total. The summed E-state index contributed by atoms with van der Waals surface area (Å²) < 4.78 is 20.4. The lowest BCUT2D eigenvalue weighted by Gasteiger charge is -2.09. The molecule has 3 aromatic rings. The fourth-order valence-corrected chi connectivity index (χ4v) is 2.89. The van der Waals surface area contributed by atoms with Gasteiger partial charge in [0.05, 0.1) is 6.61 Å². The normalized spacial score (nSPS) is 10.8. The van der Waals surface area contributed by atoms with Crippen molar-refractivity contribution >= 4 is 10.8 Å². The number of halogens is 1. The zero-order valence-electron chi connectivity index (χ0n) is 13.9. The molecule has 122 valence electrons. The Bertz CT molecular complexity index is 850. The van der Waals surface area contributed by atoms with E-state index in [1.54, 1.807) is 0 Å². The van der Waals surface area contributed by atoms with E-state index < -0.39 is 0 Å². The van der Waals surface area contributed by atoms with Crippen molar-refractivity contribution in [2.75, 3.05) is 6.61 Å². The van der Waals surface area contributed by atoms with Gasteiger partial charge < -0.3 is 4.74 Å². The van der Waals surface area contributed by atoms with Crippen molar-refractivity contribution in [3.8, 4) is 16.9 Å². The summed E-state index contributed by atoms with van der Waals surface area (Å²) in [5, 5.41) is 1.59. The zero-order valence-corrected chi connectivity index (χ0v) is 13.9. The Hall–Kier alpha value is -2.61. The largest absolute Gasteiger partial charge is 0.494 e. The molecule has 0 amide bonds. The minimum absolute atomic E-state index is 0.174. The van der Waals surface area contributed by atoms with Gasteiger partial charge in [-0.25, -0.2) is 4.39 Å². The molecule has 0 heterocycles. The van der Waals surface area contributed by atoms with Gasteiger partial charge in [-0.2, -0.15) is 0 Å². The van der Waals surface area contributed by atoms with Gasteiger partial charge in [0.15, 0.2) is 0 Å². The number of rotatable bonds is 6. The first-order valence-electron chi connectivity index (χ1n) is 8.28. The summed E-state index contributed by atoms with van der Waals surface area (Å²) in [5.74, 6) is 0.626. The molecule has 0 aliphatic carbocycles. The highest BCUT2D eigenvalue weighted by Gasteiger charge is 2.10. The van der Waals surface area contributed by atoms with Crippen LogP contribution in [0.25, 0.3) is 21.9 Å². The van der Waals surface area contributed by atoms with Crippen molar-refractivity contribution < 1.29 is 9.13 Å². The second kappa shape index (κ2) is 7.31. The van der Waals surface area contributed by atoms with Gasteiger partial charge in [0.2, 0.25) is 0 Å². The van der Waals surface area contributed by atoms with Gasteiger partial charge in [0.25, 0.3) is 0 Å². The maximum Gasteiger partial charge on any atom is 0.138 e. The average Bonchev–Trinajstić information content (AvgIpc) is 2.61.